The van der Waals surface area contributed by atoms with Gasteiger partial charge in [-0.2, -0.15) is 5.10 Å². The number of carbonyl (C=O) groups is 1. The predicted molar refractivity (Wildman–Crippen MR) is 105 cm³/mol. The van der Waals surface area contributed by atoms with Crippen LogP contribution in [0.2, 0.25) is 0 Å². The van der Waals surface area contributed by atoms with Crippen molar-refractivity contribution in [2.45, 2.75) is 26.8 Å². The van der Waals surface area contributed by atoms with Gasteiger partial charge in [0, 0.05) is 34.8 Å². The second kappa shape index (κ2) is 8.34. The Kier molecular flexibility index (Phi) is 5.69. The number of para-hydroxylation sites is 1. The van der Waals surface area contributed by atoms with E-state index in [0.29, 0.717) is 12.2 Å². The maximum absolute atomic E-state index is 12.2. The van der Waals surface area contributed by atoms with E-state index in [1.165, 1.54) is 5.52 Å². The smallest absolute Gasteiger partial charge is 0.271 e. The average molecular weight is 349 g/mol. The molecule has 5 heteroatoms. The highest BCUT2D eigenvalue weighted by Gasteiger charge is 2.07. The summed E-state index contributed by atoms with van der Waals surface area (Å²) in [5, 5.41) is 5.26. The molecule has 2 aromatic carbocycles. The van der Waals surface area contributed by atoms with Crippen LogP contribution in [0.1, 0.15) is 36.2 Å². The summed E-state index contributed by atoms with van der Waals surface area (Å²) in [6.45, 7) is 5.63. The summed E-state index contributed by atoms with van der Waals surface area (Å²) in [5.41, 5.74) is 5.29. The van der Waals surface area contributed by atoms with E-state index >= 15 is 0 Å². The molecule has 3 aromatic rings. The maximum atomic E-state index is 12.2. The molecule has 0 aliphatic heterocycles. The fraction of sp³-hybridized carbons (Fsp3) is 0.238. The Bertz CT molecular complexity index is 911. The van der Waals surface area contributed by atoms with Gasteiger partial charge in [-0.3, -0.25) is 4.79 Å². The summed E-state index contributed by atoms with van der Waals surface area (Å²) < 4.78 is 7.59. The first-order chi connectivity index (χ1) is 12.7. The molecule has 0 fully saturated rings. The lowest BCUT2D eigenvalue weighted by Gasteiger charge is -2.03. The van der Waals surface area contributed by atoms with Crippen LogP contribution in [0, 0.1) is 0 Å². The summed E-state index contributed by atoms with van der Waals surface area (Å²) in [6.07, 6.45) is 4.82. The molecular formula is C21H23N3O2. The Hall–Kier alpha value is -3.08. The first-order valence-corrected chi connectivity index (χ1v) is 8.87. The fourth-order valence-corrected chi connectivity index (χ4v) is 2.90. The molecule has 134 valence electrons. The number of rotatable bonds is 7. The number of aromatic nitrogens is 1. The van der Waals surface area contributed by atoms with Gasteiger partial charge in [0.05, 0.1) is 12.8 Å². The molecule has 26 heavy (non-hydrogen) atoms. The molecule has 1 heterocycles. The molecular weight excluding hydrogens is 326 g/mol. The van der Waals surface area contributed by atoms with Crippen molar-refractivity contribution in [2.24, 2.45) is 5.10 Å². The third-order valence-electron chi connectivity index (χ3n) is 4.08. The SMILES string of the molecule is CCCn1cc(/C=N/NC(=O)c2ccc(OCC)cc2)c2ccccc21. The molecule has 0 atom stereocenters. The molecule has 0 aliphatic rings. The van der Waals surface area contributed by atoms with Crippen LogP contribution in [-0.4, -0.2) is 23.3 Å². The Morgan fingerprint density at radius 2 is 1.92 bits per heavy atom. The molecule has 0 saturated heterocycles. The topological polar surface area (TPSA) is 55.6 Å². The Morgan fingerprint density at radius 3 is 2.65 bits per heavy atom. The number of nitrogens with one attached hydrogen (secondary N) is 1. The second-order valence-corrected chi connectivity index (χ2v) is 5.95. The normalized spacial score (nSPS) is 11.2. The average Bonchev–Trinajstić information content (AvgIpc) is 3.01. The molecule has 0 saturated carbocycles. The van der Waals surface area contributed by atoms with Crippen LogP contribution in [0.3, 0.4) is 0 Å². The minimum atomic E-state index is -0.249. The van der Waals surface area contributed by atoms with Crippen LogP contribution in [0.4, 0.5) is 0 Å². The first-order valence-electron chi connectivity index (χ1n) is 8.87. The summed E-state index contributed by atoms with van der Waals surface area (Å²) >= 11 is 0. The minimum Gasteiger partial charge on any atom is -0.494 e. The maximum Gasteiger partial charge on any atom is 0.271 e. The second-order valence-electron chi connectivity index (χ2n) is 5.95. The van der Waals surface area contributed by atoms with Crippen LogP contribution in [-0.2, 0) is 6.54 Å². The predicted octanol–water partition coefficient (Wildman–Crippen LogP) is 4.21. The summed E-state index contributed by atoms with van der Waals surface area (Å²) in [6, 6.07) is 15.2. The van der Waals surface area contributed by atoms with Gasteiger partial charge in [-0.1, -0.05) is 25.1 Å². The molecule has 5 nitrogen and oxygen atoms in total. The summed E-state index contributed by atoms with van der Waals surface area (Å²) in [5.74, 6) is 0.498. The lowest BCUT2D eigenvalue weighted by molar-refractivity contribution is 0.0955. The number of hydrogen-bond acceptors (Lipinski definition) is 3. The molecule has 3 rings (SSSR count). The quantitative estimate of drug-likeness (QED) is 0.513. The highest BCUT2D eigenvalue weighted by Crippen LogP contribution is 2.20. The van der Waals surface area contributed by atoms with Crippen molar-refractivity contribution < 1.29 is 9.53 Å². The third kappa shape index (κ3) is 3.94. The van der Waals surface area contributed by atoms with Gasteiger partial charge >= 0.3 is 0 Å². The van der Waals surface area contributed by atoms with E-state index in [2.05, 4.69) is 40.3 Å². The lowest BCUT2D eigenvalue weighted by atomic mass is 10.2. The lowest BCUT2D eigenvalue weighted by Crippen LogP contribution is -2.17. The highest BCUT2D eigenvalue weighted by atomic mass is 16.5. The number of benzene rings is 2. The van der Waals surface area contributed by atoms with Crippen LogP contribution >= 0.6 is 0 Å². The summed E-state index contributed by atoms with van der Waals surface area (Å²) in [4.78, 5) is 12.2. The molecule has 0 aliphatic carbocycles. The van der Waals surface area contributed by atoms with Crippen molar-refractivity contribution in [2.75, 3.05) is 6.61 Å². The van der Waals surface area contributed by atoms with E-state index in [-0.39, 0.29) is 5.91 Å². The van der Waals surface area contributed by atoms with Gasteiger partial charge in [-0.15, -0.1) is 0 Å². The number of nitrogens with zero attached hydrogens (tertiary/aromatic N) is 2. The number of hydrazone groups is 1. The van der Waals surface area contributed by atoms with Crippen molar-refractivity contribution >= 4 is 23.0 Å². The zero-order valence-electron chi connectivity index (χ0n) is 15.1. The summed E-state index contributed by atoms with van der Waals surface area (Å²) in [7, 11) is 0. The third-order valence-corrected chi connectivity index (χ3v) is 4.08. The van der Waals surface area contributed by atoms with Crippen LogP contribution in [0.5, 0.6) is 5.75 Å². The Morgan fingerprint density at radius 1 is 1.15 bits per heavy atom. The van der Waals surface area contributed by atoms with E-state index in [1.54, 1.807) is 30.5 Å². The molecule has 0 spiro atoms. The first kappa shape index (κ1) is 17.7. The zero-order chi connectivity index (χ0) is 18.4. The Labute approximate surface area is 153 Å². The van der Waals surface area contributed by atoms with E-state index in [4.69, 9.17) is 4.74 Å². The van der Waals surface area contributed by atoms with Crippen molar-refractivity contribution in [3.63, 3.8) is 0 Å². The largest absolute Gasteiger partial charge is 0.494 e. The van der Waals surface area contributed by atoms with Gasteiger partial charge in [0.25, 0.3) is 5.91 Å². The van der Waals surface area contributed by atoms with Gasteiger partial charge in [-0.25, -0.2) is 5.43 Å². The highest BCUT2D eigenvalue weighted by molar-refractivity contribution is 6.00. The molecule has 1 N–H and O–H groups in total. The van der Waals surface area contributed by atoms with Crippen molar-refractivity contribution in [1.82, 2.24) is 9.99 Å². The van der Waals surface area contributed by atoms with Crippen LogP contribution in [0.25, 0.3) is 10.9 Å². The van der Waals surface area contributed by atoms with E-state index in [1.807, 2.05) is 19.1 Å². The number of fused-ring (bicyclic) bond motifs is 1. The van der Waals surface area contributed by atoms with Gasteiger partial charge < -0.3 is 9.30 Å². The zero-order valence-corrected chi connectivity index (χ0v) is 15.1. The van der Waals surface area contributed by atoms with Crippen molar-refractivity contribution in [3.8, 4) is 5.75 Å². The molecule has 1 amide bonds. The molecule has 1 aromatic heterocycles. The number of hydrogen-bond donors (Lipinski definition) is 1. The van der Waals surface area contributed by atoms with Gasteiger partial charge in [-0.05, 0) is 43.7 Å². The number of ether oxygens (including phenoxy) is 1. The van der Waals surface area contributed by atoms with Crippen LogP contribution < -0.4 is 10.2 Å². The van der Waals surface area contributed by atoms with Crippen molar-refractivity contribution in [1.29, 1.82) is 0 Å². The molecule has 0 unspecified atom stereocenters. The number of carbonyl (C=O) groups excluding carboxylic acids is 1. The number of amides is 1. The number of aryl methyl sites for hydroxylation is 1. The monoisotopic (exact) mass is 349 g/mol. The van der Waals surface area contributed by atoms with Crippen molar-refractivity contribution in [3.05, 3.63) is 65.9 Å². The van der Waals surface area contributed by atoms with Gasteiger partial charge in [0.2, 0.25) is 0 Å². The van der Waals surface area contributed by atoms with E-state index in [0.717, 1.165) is 29.7 Å². The van der Waals surface area contributed by atoms with Gasteiger partial charge in [0.15, 0.2) is 0 Å². The minimum absolute atomic E-state index is 0.249. The Balaban J connectivity index is 1.72. The van der Waals surface area contributed by atoms with Crippen LogP contribution in [0.15, 0.2) is 59.8 Å². The standard InChI is InChI=1S/C21H23N3O2/c1-3-13-24-15-17(19-7-5-6-8-20(19)24)14-22-23-21(25)16-9-11-18(12-10-16)26-4-2/h5-12,14-15H,3-4,13H2,1-2H3,(H,23,25)/b22-14+. The molecule has 0 radical (unpaired) electrons. The van der Waals surface area contributed by atoms with E-state index < -0.39 is 0 Å². The van der Waals surface area contributed by atoms with Gasteiger partial charge in [0.1, 0.15) is 5.75 Å². The van der Waals surface area contributed by atoms with E-state index in [9.17, 15) is 4.79 Å². The molecule has 0 bridgehead atoms. The fourth-order valence-electron chi connectivity index (χ4n) is 2.90.